The summed E-state index contributed by atoms with van der Waals surface area (Å²) in [6.07, 6.45) is 0.820. The van der Waals surface area contributed by atoms with Gasteiger partial charge in [-0.1, -0.05) is 23.2 Å². The fourth-order valence-electron chi connectivity index (χ4n) is 2.32. The third-order valence-corrected chi connectivity index (χ3v) is 4.51. The molecule has 1 aliphatic rings. The van der Waals surface area contributed by atoms with Crippen molar-refractivity contribution in [3.8, 4) is 0 Å². The molecule has 0 saturated heterocycles. The number of nitrogens with zero attached hydrogens (tertiary/aromatic N) is 1. The molecule has 1 aliphatic carbocycles. The summed E-state index contributed by atoms with van der Waals surface area (Å²) < 4.78 is 4.72. The van der Waals surface area contributed by atoms with Crippen LogP contribution in [-0.4, -0.2) is 31.3 Å². The van der Waals surface area contributed by atoms with E-state index in [0.717, 1.165) is 12.8 Å². The molecule has 0 heterocycles. The summed E-state index contributed by atoms with van der Waals surface area (Å²) in [7, 11) is 1.24. The van der Waals surface area contributed by atoms with Gasteiger partial charge >= 0.3 is 6.09 Å². The van der Waals surface area contributed by atoms with E-state index in [-0.39, 0.29) is 51.7 Å². The second kappa shape index (κ2) is 7.32. The number of halogens is 2. The molecular weight excluding hydrogens is 341 g/mol. The lowest BCUT2D eigenvalue weighted by Gasteiger charge is -2.23. The van der Waals surface area contributed by atoms with Crippen LogP contribution in [0.5, 0.6) is 0 Å². The summed E-state index contributed by atoms with van der Waals surface area (Å²) in [5.41, 5.74) is 0.378. The minimum Gasteiger partial charge on any atom is -0.452 e. The Hall–Kier alpha value is -1.59. The van der Waals surface area contributed by atoms with E-state index in [2.05, 4.69) is 0 Å². The van der Waals surface area contributed by atoms with Crippen LogP contribution in [-0.2, 0) is 9.53 Å². The van der Waals surface area contributed by atoms with Gasteiger partial charge in [-0.05, 0) is 31.9 Å². The van der Waals surface area contributed by atoms with Gasteiger partial charge in [0.15, 0.2) is 5.78 Å². The zero-order chi connectivity index (χ0) is 17.1. The zero-order valence-electron chi connectivity index (χ0n) is 12.9. The molecule has 5 nitrogen and oxygen atoms in total. The Labute approximate surface area is 144 Å². The molecule has 0 aliphatic heterocycles. The number of benzene rings is 1. The van der Waals surface area contributed by atoms with Crippen LogP contribution >= 0.6 is 23.2 Å². The van der Waals surface area contributed by atoms with Gasteiger partial charge in [0.05, 0.1) is 29.3 Å². The van der Waals surface area contributed by atoms with E-state index in [0.29, 0.717) is 0 Å². The molecule has 1 fully saturated rings. The van der Waals surface area contributed by atoms with E-state index < -0.39 is 6.09 Å². The summed E-state index contributed by atoms with van der Waals surface area (Å²) >= 11 is 12.2. The molecule has 0 atom stereocenters. The van der Waals surface area contributed by atoms with E-state index in [9.17, 15) is 14.4 Å². The number of rotatable bonds is 6. The number of carbonyl (C=O) groups is 3. The number of ketones is 2. The number of methoxy groups -OCH3 is 1. The van der Waals surface area contributed by atoms with Gasteiger partial charge in [0, 0.05) is 18.0 Å². The van der Waals surface area contributed by atoms with Crippen molar-refractivity contribution in [1.82, 2.24) is 0 Å². The molecule has 23 heavy (non-hydrogen) atoms. The highest BCUT2D eigenvalue weighted by Gasteiger charge is 2.32. The van der Waals surface area contributed by atoms with Gasteiger partial charge in [-0.3, -0.25) is 14.5 Å². The predicted octanol–water partition coefficient (Wildman–Crippen LogP) is 4.14. The maximum atomic E-state index is 12.5. The van der Waals surface area contributed by atoms with Crippen LogP contribution in [0.4, 0.5) is 10.5 Å². The lowest BCUT2D eigenvalue weighted by atomic mass is 10.0. The number of amides is 1. The van der Waals surface area contributed by atoms with Gasteiger partial charge in [-0.15, -0.1) is 0 Å². The van der Waals surface area contributed by atoms with Crippen molar-refractivity contribution in [2.45, 2.75) is 26.2 Å². The first kappa shape index (κ1) is 17.8. The quantitative estimate of drug-likeness (QED) is 0.566. The summed E-state index contributed by atoms with van der Waals surface area (Å²) in [5.74, 6) is -0.459. The number of anilines is 1. The van der Waals surface area contributed by atoms with Crippen molar-refractivity contribution in [3.05, 3.63) is 27.7 Å². The number of carbonyl (C=O) groups excluding carboxylic acids is 3. The number of hydrogen-bond donors (Lipinski definition) is 0. The minimum absolute atomic E-state index is 0.00643. The summed E-state index contributed by atoms with van der Waals surface area (Å²) in [4.78, 5) is 37.6. The Morgan fingerprint density at radius 3 is 2.43 bits per heavy atom. The molecule has 0 spiro atoms. The fourth-order valence-corrected chi connectivity index (χ4v) is 2.74. The molecule has 0 aromatic heterocycles. The van der Waals surface area contributed by atoms with Gasteiger partial charge < -0.3 is 4.74 Å². The van der Waals surface area contributed by atoms with Crippen molar-refractivity contribution < 1.29 is 19.1 Å². The summed E-state index contributed by atoms with van der Waals surface area (Å²) in [6, 6.07) is 2.96. The van der Waals surface area contributed by atoms with E-state index in [1.54, 1.807) is 6.92 Å². The number of hydrogen-bond acceptors (Lipinski definition) is 4. The standard InChI is InChI=1S/C16H17Cl2NO4/c1-3-19(16(22)23-2)15-10(6-7-11(17)14(15)18)13(21)8-12(20)9-4-5-9/h6-7,9H,3-5,8H2,1-2H3. The lowest BCUT2D eigenvalue weighted by Crippen LogP contribution is -2.32. The van der Waals surface area contributed by atoms with E-state index in [4.69, 9.17) is 27.9 Å². The van der Waals surface area contributed by atoms with Crippen molar-refractivity contribution >= 4 is 46.5 Å². The molecule has 0 radical (unpaired) electrons. The van der Waals surface area contributed by atoms with Crippen LogP contribution in [0.2, 0.25) is 10.0 Å². The highest BCUT2D eigenvalue weighted by atomic mass is 35.5. The second-order valence-electron chi connectivity index (χ2n) is 5.31. The molecule has 2 rings (SSSR count). The van der Waals surface area contributed by atoms with Gasteiger partial charge in [0.25, 0.3) is 0 Å². The van der Waals surface area contributed by atoms with Gasteiger partial charge in [0.1, 0.15) is 5.78 Å². The minimum atomic E-state index is -0.653. The molecule has 1 aromatic carbocycles. The highest BCUT2D eigenvalue weighted by molar-refractivity contribution is 6.44. The van der Waals surface area contributed by atoms with Gasteiger partial charge in [-0.25, -0.2) is 4.79 Å². The molecule has 0 bridgehead atoms. The molecular formula is C16H17Cl2NO4. The molecule has 1 aromatic rings. The first-order valence-corrected chi connectivity index (χ1v) is 8.05. The highest BCUT2D eigenvalue weighted by Crippen LogP contribution is 2.38. The molecule has 7 heteroatoms. The van der Waals surface area contributed by atoms with E-state index in [1.807, 2.05) is 0 Å². The smallest absolute Gasteiger partial charge is 0.414 e. The Bertz CT molecular complexity index is 656. The molecule has 1 amide bonds. The van der Waals surface area contributed by atoms with Gasteiger partial charge in [-0.2, -0.15) is 0 Å². The first-order chi connectivity index (χ1) is 10.9. The van der Waals surface area contributed by atoms with Crippen molar-refractivity contribution in [1.29, 1.82) is 0 Å². The maximum absolute atomic E-state index is 12.5. The van der Waals surface area contributed by atoms with Crippen molar-refractivity contribution in [2.75, 3.05) is 18.6 Å². The Kier molecular flexibility index (Phi) is 5.65. The largest absolute Gasteiger partial charge is 0.452 e. The van der Waals surface area contributed by atoms with Gasteiger partial charge in [0.2, 0.25) is 0 Å². The SMILES string of the molecule is CCN(C(=O)OC)c1c(C(=O)CC(=O)C2CC2)ccc(Cl)c1Cl. The van der Waals surface area contributed by atoms with Crippen LogP contribution < -0.4 is 4.90 Å². The second-order valence-corrected chi connectivity index (χ2v) is 6.10. The Morgan fingerprint density at radius 2 is 1.91 bits per heavy atom. The van der Waals surface area contributed by atoms with Crippen LogP contribution in [0.25, 0.3) is 0 Å². The van der Waals surface area contributed by atoms with Crippen LogP contribution in [0.15, 0.2) is 12.1 Å². The monoisotopic (exact) mass is 357 g/mol. The van der Waals surface area contributed by atoms with E-state index >= 15 is 0 Å². The maximum Gasteiger partial charge on any atom is 0.414 e. The van der Waals surface area contributed by atoms with Crippen LogP contribution in [0.3, 0.4) is 0 Å². The van der Waals surface area contributed by atoms with E-state index in [1.165, 1.54) is 24.1 Å². The van der Waals surface area contributed by atoms with Crippen molar-refractivity contribution in [3.63, 3.8) is 0 Å². The van der Waals surface area contributed by atoms with Crippen LogP contribution in [0, 0.1) is 5.92 Å². The molecule has 0 unspecified atom stereocenters. The molecule has 1 saturated carbocycles. The fraction of sp³-hybridized carbons (Fsp3) is 0.438. The summed E-state index contributed by atoms with van der Waals surface area (Å²) in [6.45, 7) is 1.96. The van der Waals surface area contributed by atoms with Crippen molar-refractivity contribution in [2.24, 2.45) is 5.92 Å². The number of ether oxygens (including phenoxy) is 1. The average Bonchev–Trinajstić information content (AvgIpc) is 3.36. The third-order valence-electron chi connectivity index (χ3n) is 3.72. The lowest BCUT2D eigenvalue weighted by molar-refractivity contribution is -0.119. The average molecular weight is 358 g/mol. The topological polar surface area (TPSA) is 63.7 Å². The Morgan fingerprint density at radius 1 is 1.26 bits per heavy atom. The number of Topliss-reactive ketones (excluding diaryl/α,β-unsaturated/α-hetero) is 2. The summed E-state index contributed by atoms with van der Waals surface area (Å²) in [5, 5.41) is 0.303. The first-order valence-electron chi connectivity index (χ1n) is 7.30. The molecule has 124 valence electrons. The molecule has 0 N–H and O–H groups in total. The normalized spacial score (nSPS) is 13.6. The zero-order valence-corrected chi connectivity index (χ0v) is 14.4. The predicted molar refractivity (Wildman–Crippen MR) is 88.6 cm³/mol. The Balaban J connectivity index is 2.41. The third kappa shape index (κ3) is 3.85. The van der Waals surface area contributed by atoms with Crippen LogP contribution in [0.1, 0.15) is 36.5 Å².